The Bertz CT molecular complexity index is 562. The fourth-order valence-electron chi connectivity index (χ4n) is 1.32. The first-order chi connectivity index (χ1) is 8.86. The molecule has 7 nitrogen and oxygen atoms in total. The van der Waals surface area contributed by atoms with Crippen molar-refractivity contribution in [3.63, 3.8) is 0 Å². The molecule has 0 spiro atoms. The SMILES string of the molecule is NCc1ccc(S(=O)(=O)NCCNC(N)=O)cc1Cl. The Balaban J connectivity index is 2.72. The van der Waals surface area contributed by atoms with Crippen LogP contribution >= 0.6 is 11.6 Å². The molecule has 19 heavy (non-hydrogen) atoms. The van der Waals surface area contributed by atoms with E-state index in [4.69, 9.17) is 23.1 Å². The molecule has 1 rings (SSSR count). The van der Waals surface area contributed by atoms with Crippen LogP contribution < -0.4 is 21.5 Å². The maximum atomic E-state index is 11.9. The Kier molecular flexibility index (Phi) is 5.55. The van der Waals surface area contributed by atoms with E-state index >= 15 is 0 Å². The van der Waals surface area contributed by atoms with Gasteiger partial charge in [0.15, 0.2) is 0 Å². The highest BCUT2D eigenvalue weighted by atomic mass is 35.5. The summed E-state index contributed by atoms with van der Waals surface area (Å²) in [5.74, 6) is 0. The summed E-state index contributed by atoms with van der Waals surface area (Å²) in [6, 6.07) is 3.58. The Morgan fingerprint density at radius 2 is 2.00 bits per heavy atom. The second-order valence-corrected chi connectivity index (χ2v) is 5.82. The van der Waals surface area contributed by atoms with E-state index in [0.29, 0.717) is 10.6 Å². The van der Waals surface area contributed by atoms with Crippen molar-refractivity contribution in [2.24, 2.45) is 11.5 Å². The van der Waals surface area contributed by atoms with Crippen LogP contribution in [0.4, 0.5) is 4.79 Å². The number of primary amides is 1. The average Bonchev–Trinajstić information content (AvgIpc) is 2.34. The molecule has 9 heteroatoms. The van der Waals surface area contributed by atoms with E-state index in [2.05, 4.69) is 10.0 Å². The summed E-state index contributed by atoms with van der Waals surface area (Å²) >= 11 is 5.89. The summed E-state index contributed by atoms with van der Waals surface area (Å²) in [5, 5.41) is 2.56. The van der Waals surface area contributed by atoms with Gasteiger partial charge in [0.25, 0.3) is 0 Å². The van der Waals surface area contributed by atoms with Gasteiger partial charge < -0.3 is 16.8 Å². The number of nitrogens with one attached hydrogen (secondary N) is 2. The van der Waals surface area contributed by atoms with Gasteiger partial charge in [-0.1, -0.05) is 17.7 Å². The number of benzene rings is 1. The van der Waals surface area contributed by atoms with E-state index in [9.17, 15) is 13.2 Å². The third kappa shape index (κ3) is 4.67. The van der Waals surface area contributed by atoms with Gasteiger partial charge >= 0.3 is 6.03 Å². The quantitative estimate of drug-likeness (QED) is 0.540. The van der Waals surface area contributed by atoms with E-state index in [1.54, 1.807) is 6.07 Å². The van der Waals surface area contributed by atoms with Crippen molar-refractivity contribution in [2.45, 2.75) is 11.4 Å². The molecule has 0 heterocycles. The molecule has 1 aromatic carbocycles. The zero-order valence-electron chi connectivity index (χ0n) is 10.0. The van der Waals surface area contributed by atoms with Crippen molar-refractivity contribution in [2.75, 3.05) is 13.1 Å². The van der Waals surface area contributed by atoms with Crippen molar-refractivity contribution >= 4 is 27.7 Å². The molecular weight excluding hydrogens is 292 g/mol. The number of amides is 2. The molecule has 0 aromatic heterocycles. The largest absolute Gasteiger partial charge is 0.352 e. The molecule has 2 amide bonds. The molecule has 0 saturated heterocycles. The molecule has 0 aliphatic rings. The highest BCUT2D eigenvalue weighted by Gasteiger charge is 2.14. The van der Waals surface area contributed by atoms with Crippen LogP contribution in [-0.2, 0) is 16.6 Å². The summed E-state index contributed by atoms with van der Waals surface area (Å²) in [5.41, 5.74) is 10.9. The van der Waals surface area contributed by atoms with Crippen LogP contribution in [0.5, 0.6) is 0 Å². The van der Waals surface area contributed by atoms with Crippen molar-refractivity contribution in [1.82, 2.24) is 10.0 Å². The van der Waals surface area contributed by atoms with Crippen LogP contribution in [0.3, 0.4) is 0 Å². The molecule has 6 N–H and O–H groups in total. The maximum absolute atomic E-state index is 11.9. The topological polar surface area (TPSA) is 127 Å². The van der Waals surface area contributed by atoms with Gasteiger partial charge in [-0.05, 0) is 17.7 Å². The van der Waals surface area contributed by atoms with Gasteiger partial charge in [-0.2, -0.15) is 0 Å². The zero-order valence-corrected chi connectivity index (χ0v) is 11.6. The minimum absolute atomic E-state index is 0.0293. The molecule has 0 aliphatic carbocycles. The lowest BCUT2D eigenvalue weighted by Gasteiger charge is -2.08. The zero-order chi connectivity index (χ0) is 14.5. The summed E-state index contributed by atoms with van der Waals surface area (Å²) in [6.45, 7) is 0.361. The molecule has 0 fully saturated rings. The van der Waals surface area contributed by atoms with E-state index < -0.39 is 16.1 Å². The van der Waals surface area contributed by atoms with Gasteiger partial charge in [-0.15, -0.1) is 0 Å². The molecule has 0 aliphatic heterocycles. The molecular formula is C10H15ClN4O3S. The lowest BCUT2D eigenvalue weighted by molar-refractivity contribution is 0.249. The Hall–Kier alpha value is -1.35. The number of halogens is 1. The summed E-state index contributed by atoms with van der Waals surface area (Å²) in [7, 11) is -3.67. The van der Waals surface area contributed by atoms with Crippen LogP contribution in [0, 0.1) is 0 Å². The Morgan fingerprint density at radius 3 is 2.53 bits per heavy atom. The fraction of sp³-hybridized carbons (Fsp3) is 0.300. The number of hydrogen-bond acceptors (Lipinski definition) is 4. The smallest absolute Gasteiger partial charge is 0.312 e. The van der Waals surface area contributed by atoms with Gasteiger partial charge in [0, 0.05) is 24.7 Å². The van der Waals surface area contributed by atoms with Crippen LogP contribution in [0.1, 0.15) is 5.56 Å². The highest BCUT2D eigenvalue weighted by Crippen LogP contribution is 2.20. The van der Waals surface area contributed by atoms with E-state index in [0.717, 1.165) is 0 Å². The number of hydrogen-bond donors (Lipinski definition) is 4. The number of urea groups is 1. The first-order valence-electron chi connectivity index (χ1n) is 5.38. The second kappa shape index (κ2) is 6.71. The molecule has 1 aromatic rings. The second-order valence-electron chi connectivity index (χ2n) is 3.65. The van der Waals surface area contributed by atoms with E-state index in [1.807, 2.05) is 0 Å². The normalized spacial score (nSPS) is 11.3. The Labute approximate surface area is 116 Å². The third-order valence-corrected chi connectivity index (χ3v) is 4.08. The number of nitrogens with two attached hydrogens (primary N) is 2. The van der Waals surface area contributed by atoms with Gasteiger partial charge in [0.1, 0.15) is 0 Å². The van der Waals surface area contributed by atoms with Gasteiger partial charge in [-0.3, -0.25) is 0 Å². The lowest BCUT2D eigenvalue weighted by Crippen LogP contribution is -2.37. The molecule has 106 valence electrons. The van der Waals surface area contributed by atoms with Gasteiger partial charge in [-0.25, -0.2) is 17.9 Å². The molecule has 0 unspecified atom stereocenters. The predicted octanol–water partition coefficient (Wildman–Crippen LogP) is -0.255. The Morgan fingerprint density at radius 1 is 1.32 bits per heavy atom. The van der Waals surface area contributed by atoms with Crippen LogP contribution in [-0.4, -0.2) is 27.5 Å². The third-order valence-electron chi connectivity index (χ3n) is 2.27. The van der Waals surface area contributed by atoms with E-state index in [1.165, 1.54) is 12.1 Å². The predicted molar refractivity (Wildman–Crippen MR) is 72.1 cm³/mol. The van der Waals surface area contributed by atoms with Crippen molar-refractivity contribution in [1.29, 1.82) is 0 Å². The summed E-state index contributed by atoms with van der Waals surface area (Å²) in [4.78, 5) is 10.4. The minimum atomic E-state index is -3.67. The molecule has 0 saturated carbocycles. The van der Waals surface area contributed by atoms with Crippen molar-refractivity contribution < 1.29 is 13.2 Å². The fourth-order valence-corrected chi connectivity index (χ4v) is 2.70. The number of sulfonamides is 1. The monoisotopic (exact) mass is 306 g/mol. The van der Waals surface area contributed by atoms with Crippen LogP contribution in [0.15, 0.2) is 23.1 Å². The molecule has 0 bridgehead atoms. The van der Waals surface area contributed by atoms with Gasteiger partial charge in [0.2, 0.25) is 10.0 Å². The van der Waals surface area contributed by atoms with Crippen molar-refractivity contribution in [3.05, 3.63) is 28.8 Å². The number of carbonyl (C=O) groups excluding carboxylic acids is 1. The van der Waals surface area contributed by atoms with Crippen molar-refractivity contribution in [3.8, 4) is 0 Å². The lowest BCUT2D eigenvalue weighted by atomic mass is 10.2. The first kappa shape index (κ1) is 15.7. The summed E-state index contributed by atoms with van der Waals surface area (Å²) < 4.78 is 26.1. The standard InChI is InChI=1S/C10H15ClN4O3S/c11-9-5-8(2-1-7(9)6-12)19(17,18)15-4-3-14-10(13)16/h1-2,5,15H,3-4,6,12H2,(H3,13,14,16). The van der Waals surface area contributed by atoms with Gasteiger partial charge in [0.05, 0.1) is 4.90 Å². The van der Waals surface area contributed by atoms with E-state index in [-0.39, 0.29) is 24.5 Å². The highest BCUT2D eigenvalue weighted by molar-refractivity contribution is 7.89. The number of rotatable bonds is 6. The molecule has 0 radical (unpaired) electrons. The molecule has 0 atom stereocenters. The summed E-state index contributed by atoms with van der Waals surface area (Å²) in [6.07, 6.45) is 0. The van der Waals surface area contributed by atoms with Crippen LogP contribution in [0.2, 0.25) is 5.02 Å². The first-order valence-corrected chi connectivity index (χ1v) is 7.24. The van der Waals surface area contributed by atoms with Crippen LogP contribution in [0.25, 0.3) is 0 Å². The average molecular weight is 307 g/mol. The maximum Gasteiger partial charge on any atom is 0.312 e. The minimum Gasteiger partial charge on any atom is -0.352 e. The number of carbonyl (C=O) groups is 1.